The van der Waals surface area contributed by atoms with Crippen LogP contribution in [0.25, 0.3) is 11.4 Å². The molecule has 22 heavy (non-hydrogen) atoms. The zero-order valence-corrected chi connectivity index (χ0v) is 12.9. The molecule has 0 spiro atoms. The van der Waals surface area contributed by atoms with Crippen molar-refractivity contribution in [2.45, 2.75) is 17.2 Å². The first-order valence-corrected chi connectivity index (χ1v) is 7.56. The zero-order valence-electron chi connectivity index (χ0n) is 12.1. The van der Waals surface area contributed by atoms with E-state index < -0.39 is 0 Å². The van der Waals surface area contributed by atoms with Gasteiger partial charge in [-0.25, -0.2) is 9.97 Å². The summed E-state index contributed by atoms with van der Waals surface area (Å²) < 4.78 is 10.5. The normalized spacial score (nSPS) is 12.1. The van der Waals surface area contributed by atoms with Crippen molar-refractivity contribution in [3.8, 4) is 17.3 Å². The summed E-state index contributed by atoms with van der Waals surface area (Å²) in [4.78, 5) is 12.8. The molecule has 0 saturated heterocycles. The fraction of sp³-hybridized carbons (Fsp3) is 0.200. The Bertz CT molecular complexity index is 748. The van der Waals surface area contributed by atoms with E-state index in [0.29, 0.717) is 17.6 Å². The van der Waals surface area contributed by atoms with Gasteiger partial charge in [-0.3, -0.25) is 0 Å². The highest BCUT2D eigenvalue weighted by atomic mass is 32.2. The van der Waals surface area contributed by atoms with Gasteiger partial charge < -0.3 is 9.26 Å². The standard InChI is InChI=1S/C15H14N4O2S/c1-10(22-13-5-3-4-7-17-13)15-18-14(19-21-15)11-6-8-16-12(9-11)20-2/h3-10H,1-2H3/t10-/m0/s1. The Kier molecular flexibility index (Phi) is 4.34. The first-order valence-electron chi connectivity index (χ1n) is 6.68. The maximum atomic E-state index is 5.36. The summed E-state index contributed by atoms with van der Waals surface area (Å²) in [5.41, 5.74) is 0.803. The predicted octanol–water partition coefficient (Wildman–Crippen LogP) is 3.39. The maximum Gasteiger partial charge on any atom is 0.240 e. The van der Waals surface area contributed by atoms with Gasteiger partial charge >= 0.3 is 0 Å². The Balaban J connectivity index is 1.78. The summed E-state index contributed by atoms with van der Waals surface area (Å²) >= 11 is 1.57. The Labute approximate surface area is 132 Å². The predicted molar refractivity (Wildman–Crippen MR) is 82.6 cm³/mol. The summed E-state index contributed by atoms with van der Waals surface area (Å²) in [6.45, 7) is 2.00. The van der Waals surface area contributed by atoms with Gasteiger partial charge in [0, 0.05) is 24.0 Å². The van der Waals surface area contributed by atoms with Crippen LogP contribution in [0.15, 0.2) is 52.3 Å². The number of nitrogens with zero attached hydrogens (tertiary/aromatic N) is 4. The lowest BCUT2D eigenvalue weighted by Crippen LogP contribution is -1.91. The van der Waals surface area contributed by atoms with Crippen LogP contribution in [0.2, 0.25) is 0 Å². The number of pyridine rings is 2. The number of ether oxygens (including phenoxy) is 1. The van der Waals surface area contributed by atoms with Crippen LogP contribution in [0.3, 0.4) is 0 Å². The fourth-order valence-corrected chi connectivity index (χ4v) is 2.66. The van der Waals surface area contributed by atoms with Crippen molar-refractivity contribution in [3.63, 3.8) is 0 Å². The average Bonchev–Trinajstić information content (AvgIpc) is 3.06. The van der Waals surface area contributed by atoms with Gasteiger partial charge in [0.1, 0.15) is 0 Å². The molecule has 0 fully saturated rings. The molecular weight excluding hydrogens is 300 g/mol. The summed E-state index contributed by atoms with van der Waals surface area (Å²) in [5, 5.41) is 4.95. The van der Waals surface area contributed by atoms with Crippen molar-refractivity contribution in [3.05, 3.63) is 48.6 Å². The van der Waals surface area contributed by atoms with Crippen molar-refractivity contribution in [2.24, 2.45) is 0 Å². The Morgan fingerprint density at radius 3 is 2.86 bits per heavy atom. The van der Waals surface area contributed by atoms with Crippen molar-refractivity contribution in [2.75, 3.05) is 7.11 Å². The van der Waals surface area contributed by atoms with E-state index in [1.165, 1.54) is 0 Å². The number of thioether (sulfide) groups is 1. The van der Waals surface area contributed by atoms with Crippen LogP contribution < -0.4 is 4.74 Å². The van der Waals surface area contributed by atoms with Crippen LogP contribution in [0.4, 0.5) is 0 Å². The van der Waals surface area contributed by atoms with Crippen molar-refractivity contribution >= 4 is 11.8 Å². The van der Waals surface area contributed by atoms with Gasteiger partial charge in [0.15, 0.2) is 0 Å². The average molecular weight is 314 g/mol. The third-order valence-electron chi connectivity index (χ3n) is 2.93. The number of hydrogen-bond donors (Lipinski definition) is 0. The van der Waals surface area contributed by atoms with Gasteiger partial charge in [0.2, 0.25) is 17.6 Å². The molecule has 0 aliphatic rings. The van der Waals surface area contributed by atoms with Crippen LogP contribution in [0.5, 0.6) is 5.88 Å². The van der Waals surface area contributed by atoms with E-state index in [9.17, 15) is 0 Å². The summed E-state index contributed by atoms with van der Waals surface area (Å²) in [6, 6.07) is 9.37. The fourth-order valence-electron chi connectivity index (χ4n) is 1.83. The Morgan fingerprint density at radius 2 is 2.09 bits per heavy atom. The Morgan fingerprint density at radius 1 is 1.18 bits per heavy atom. The van der Waals surface area contributed by atoms with E-state index in [2.05, 4.69) is 20.1 Å². The van der Waals surface area contributed by atoms with E-state index in [4.69, 9.17) is 9.26 Å². The van der Waals surface area contributed by atoms with Crippen LogP contribution in [0.1, 0.15) is 18.1 Å². The van der Waals surface area contributed by atoms with E-state index in [0.717, 1.165) is 10.6 Å². The molecule has 1 atom stereocenters. The lowest BCUT2D eigenvalue weighted by molar-refractivity contribution is 0.380. The zero-order chi connectivity index (χ0) is 15.4. The highest BCUT2D eigenvalue weighted by Gasteiger charge is 2.17. The van der Waals surface area contributed by atoms with E-state index in [-0.39, 0.29) is 5.25 Å². The number of methoxy groups -OCH3 is 1. The SMILES string of the molecule is COc1cc(-c2noc([C@H](C)Sc3ccccn3)n2)ccn1. The molecule has 0 radical (unpaired) electrons. The molecule has 7 heteroatoms. The number of aromatic nitrogens is 4. The van der Waals surface area contributed by atoms with Crippen LogP contribution in [-0.2, 0) is 0 Å². The van der Waals surface area contributed by atoms with E-state index in [1.807, 2.05) is 31.2 Å². The first kappa shape index (κ1) is 14.5. The van der Waals surface area contributed by atoms with Gasteiger partial charge in [0.05, 0.1) is 17.4 Å². The molecule has 3 rings (SSSR count). The highest BCUT2D eigenvalue weighted by molar-refractivity contribution is 7.99. The van der Waals surface area contributed by atoms with E-state index in [1.54, 1.807) is 37.3 Å². The summed E-state index contributed by atoms with van der Waals surface area (Å²) in [7, 11) is 1.57. The van der Waals surface area contributed by atoms with Crippen LogP contribution >= 0.6 is 11.8 Å². The van der Waals surface area contributed by atoms with Crippen LogP contribution in [0, 0.1) is 0 Å². The van der Waals surface area contributed by atoms with Gasteiger partial charge in [-0.1, -0.05) is 23.0 Å². The molecule has 0 aliphatic carbocycles. The first-order chi connectivity index (χ1) is 10.8. The highest BCUT2D eigenvalue weighted by Crippen LogP contribution is 2.33. The summed E-state index contributed by atoms with van der Waals surface area (Å²) in [5.74, 6) is 1.59. The largest absolute Gasteiger partial charge is 0.481 e. The molecule has 6 nitrogen and oxygen atoms in total. The lowest BCUT2D eigenvalue weighted by Gasteiger charge is -2.04. The third-order valence-corrected chi connectivity index (χ3v) is 3.97. The van der Waals surface area contributed by atoms with E-state index >= 15 is 0 Å². The maximum absolute atomic E-state index is 5.36. The van der Waals surface area contributed by atoms with Crippen molar-refractivity contribution in [1.29, 1.82) is 0 Å². The lowest BCUT2D eigenvalue weighted by atomic mass is 10.2. The molecule has 0 aromatic carbocycles. The van der Waals surface area contributed by atoms with Gasteiger partial charge in [-0.2, -0.15) is 4.98 Å². The molecule has 0 bridgehead atoms. The molecule has 112 valence electrons. The minimum absolute atomic E-state index is 0.0138. The molecule has 0 amide bonds. The molecule has 0 unspecified atom stereocenters. The second kappa shape index (κ2) is 6.57. The second-order valence-corrected chi connectivity index (χ2v) is 5.83. The quantitative estimate of drug-likeness (QED) is 0.668. The number of hydrogen-bond acceptors (Lipinski definition) is 7. The molecular formula is C15H14N4O2S. The monoisotopic (exact) mass is 314 g/mol. The topological polar surface area (TPSA) is 73.9 Å². The Hall–Kier alpha value is -2.41. The molecule has 3 aromatic heterocycles. The minimum atomic E-state index is 0.0138. The molecule has 3 heterocycles. The van der Waals surface area contributed by atoms with Crippen molar-refractivity contribution < 1.29 is 9.26 Å². The third kappa shape index (κ3) is 3.25. The number of rotatable bonds is 5. The molecule has 0 N–H and O–H groups in total. The second-order valence-electron chi connectivity index (χ2n) is 4.47. The van der Waals surface area contributed by atoms with Crippen molar-refractivity contribution in [1.82, 2.24) is 20.1 Å². The van der Waals surface area contributed by atoms with Crippen LogP contribution in [-0.4, -0.2) is 27.2 Å². The van der Waals surface area contributed by atoms with Gasteiger partial charge in [0.25, 0.3) is 0 Å². The molecule has 0 saturated carbocycles. The van der Waals surface area contributed by atoms with Gasteiger partial charge in [-0.05, 0) is 25.1 Å². The minimum Gasteiger partial charge on any atom is -0.481 e. The molecule has 0 aliphatic heterocycles. The smallest absolute Gasteiger partial charge is 0.240 e. The summed E-state index contributed by atoms with van der Waals surface area (Å²) in [6.07, 6.45) is 3.41. The molecule has 3 aromatic rings. The van der Waals surface area contributed by atoms with Gasteiger partial charge in [-0.15, -0.1) is 0 Å².